The average Bonchev–Trinajstić information content (AvgIpc) is 2.33. The molecule has 0 radical (unpaired) electrons. The summed E-state index contributed by atoms with van der Waals surface area (Å²) >= 11 is 3.26. The summed E-state index contributed by atoms with van der Waals surface area (Å²) in [5.41, 5.74) is 0.983. The largest absolute Gasteiger partial charge is 0.503 e. The van der Waals surface area contributed by atoms with Crippen LogP contribution in [0.3, 0.4) is 0 Å². The molecule has 0 aliphatic heterocycles. The number of rotatable bonds is 5. The highest BCUT2D eigenvalue weighted by Gasteiger charge is 2.08. The Balaban J connectivity index is 2.66. The SMILES string of the molecule is COc1cc(CNCC(C)C#N)cc(Br)c1O. The first-order valence-corrected chi connectivity index (χ1v) is 6.03. The highest BCUT2D eigenvalue weighted by molar-refractivity contribution is 9.10. The van der Waals surface area contributed by atoms with Crippen LogP contribution in [0.25, 0.3) is 0 Å². The lowest BCUT2D eigenvalue weighted by molar-refractivity contribution is 0.371. The van der Waals surface area contributed by atoms with Crippen LogP contribution >= 0.6 is 15.9 Å². The summed E-state index contributed by atoms with van der Waals surface area (Å²) in [7, 11) is 1.51. The Bertz CT molecular complexity index is 429. The maximum Gasteiger partial charge on any atom is 0.172 e. The van der Waals surface area contributed by atoms with Gasteiger partial charge in [0.05, 0.1) is 23.6 Å². The number of hydrogen-bond donors (Lipinski definition) is 2. The number of nitriles is 1. The van der Waals surface area contributed by atoms with E-state index in [-0.39, 0.29) is 11.7 Å². The maximum absolute atomic E-state index is 9.64. The molecule has 0 heterocycles. The minimum atomic E-state index is -0.0162. The molecule has 0 fully saturated rings. The molecular weight excluding hydrogens is 284 g/mol. The van der Waals surface area contributed by atoms with Crippen LogP contribution < -0.4 is 10.1 Å². The molecule has 0 saturated heterocycles. The van der Waals surface area contributed by atoms with Crippen molar-refractivity contribution in [2.75, 3.05) is 13.7 Å². The van der Waals surface area contributed by atoms with Gasteiger partial charge in [0, 0.05) is 13.1 Å². The third-order valence-corrected chi connectivity index (χ3v) is 2.91. The Morgan fingerprint density at radius 3 is 2.88 bits per heavy atom. The number of phenols is 1. The first kappa shape index (κ1) is 13.8. The summed E-state index contributed by atoms with van der Waals surface area (Å²) in [6.07, 6.45) is 0. The zero-order chi connectivity index (χ0) is 12.8. The fourth-order valence-corrected chi connectivity index (χ4v) is 1.85. The third kappa shape index (κ3) is 3.91. The van der Waals surface area contributed by atoms with Crippen molar-refractivity contribution in [2.45, 2.75) is 13.5 Å². The molecule has 2 N–H and O–H groups in total. The number of benzene rings is 1. The van der Waals surface area contributed by atoms with E-state index in [2.05, 4.69) is 27.3 Å². The molecule has 5 heteroatoms. The van der Waals surface area contributed by atoms with Gasteiger partial charge in [-0.25, -0.2) is 0 Å². The Hall–Kier alpha value is -1.25. The quantitative estimate of drug-likeness (QED) is 0.876. The molecular formula is C12H15BrN2O2. The van der Waals surface area contributed by atoms with E-state index >= 15 is 0 Å². The van der Waals surface area contributed by atoms with Gasteiger partial charge in [0.1, 0.15) is 0 Å². The second kappa shape index (κ2) is 6.48. The lowest BCUT2D eigenvalue weighted by atomic mass is 10.1. The van der Waals surface area contributed by atoms with Crippen LogP contribution in [-0.2, 0) is 6.54 Å². The van der Waals surface area contributed by atoms with Crippen LogP contribution in [0.4, 0.5) is 0 Å². The fraction of sp³-hybridized carbons (Fsp3) is 0.417. The second-order valence-electron chi connectivity index (χ2n) is 3.79. The number of ether oxygens (including phenoxy) is 1. The van der Waals surface area contributed by atoms with E-state index in [1.54, 1.807) is 6.07 Å². The summed E-state index contributed by atoms with van der Waals surface area (Å²) < 4.78 is 5.65. The van der Waals surface area contributed by atoms with Crippen molar-refractivity contribution < 1.29 is 9.84 Å². The molecule has 17 heavy (non-hydrogen) atoms. The van der Waals surface area contributed by atoms with Crippen molar-refractivity contribution in [1.82, 2.24) is 5.32 Å². The summed E-state index contributed by atoms with van der Waals surface area (Å²) in [5.74, 6) is 0.517. The molecule has 1 unspecified atom stereocenters. The van der Waals surface area contributed by atoms with Crippen LogP contribution in [0, 0.1) is 17.2 Å². The van der Waals surface area contributed by atoms with Crippen molar-refractivity contribution in [2.24, 2.45) is 5.92 Å². The number of hydrogen-bond acceptors (Lipinski definition) is 4. The number of halogens is 1. The van der Waals surface area contributed by atoms with Crippen molar-refractivity contribution in [3.63, 3.8) is 0 Å². The van der Waals surface area contributed by atoms with E-state index in [4.69, 9.17) is 10.00 Å². The van der Waals surface area contributed by atoms with Gasteiger partial charge < -0.3 is 15.2 Å². The Morgan fingerprint density at radius 2 is 2.29 bits per heavy atom. The molecule has 0 amide bonds. The number of phenolic OH excluding ortho intramolecular Hbond substituents is 1. The van der Waals surface area contributed by atoms with Gasteiger partial charge in [0.25, 0.3) is 0 Å². The average molecular weight is 299 g/mol. The van der Waals surface area contributed by atoms with Crippen molar-refractivity contribution in [3.8, 4) is 17.6 Å². The number of nitrogens with zero attached hydrogens (tertiary/aromatic N) is 1. The molecule has 1 aromatic carbocycles. The van der Waals surface area contributed by atoms with Crippen LogP contribution in [0.5, 0.6) is 11.5 Å². The van der Waals surface area contributed by atoms with Gasteiger partial charge in [-0.1, -0.05) is 0 Å². The monoisotopic (exact) mass is 298 g/mol. The van der Waals surface area contributed by atoms with Crippen LogP contribution in [0.15, 0.2) is 16.6 Å². The second-order valence-corrected chi connectivity index (χ2v) is 4.64. The van der Waals surface area contributed by atoms with E-state index in [0.717, 1.165) is 5.56 Å². The Kier molecular flexibility index (Phi) is 5.26. The molecule has 0 aliphatic carbocycles. The van der Waals surface area contributed by atoms with Crippen molar-refractivity contribution >= 4 is 15.9 Å². The van der Waals surface area contributed by atoms with Crippen LogP contribution in [-0.4, -0.2) is 18.8 Å². The first-order chi connectivity index (χ1) is 8.08. The molecule has 1 rings (SSSR count). The number of methoxy groups -OCH3 is 1. The van der Waals surface area contributed by atoms with Crippen molar-refractivity contribution in [3.05, 3.63) is 22.2 Å². The molecule has 0 aliphatic rings. The molecule has 0 bridgehead atoms. The Morgan fingerprint density at radius 1 is 1.59 bits per heavy atom. The van der Waals surface area contributed by atoms with Gasteiger partial charge in [-0.2, -0.15) is 5.26 Å². The van der Waals surface area contributed by atoms with E-state index in [1.807, 2.05) is 13.0 Å². The molecule has 1 atom stereocenters. The third-order valence-electron chi connectivity index (χ3n) is 2.31. The van der Waals surface area contributed by atoms with Crippen LogP contribution in [0.2, 0.25) is 0 Å². The minimum absolute atomic E-state index is 0.0162. The first-order valence-electron chi connectivity index (χ1n) is 5.24. The van der Waals surface area contributed by atoms with E-state index in [1.165, 1.54) is 7.11 Å². The molecule has 92 valence electrons. The highest BCUT2D eigenvalue weighted by Crippen LogP contribution is 2.35. The summed E-state index contributed by atoms with van der Waals surface area (Å²) in [4.78, 5) is 0. The molecule has 4 nitrogen and oxygen atoms in total. The predicted molar refractivity (Wildman–Crippen MR) is 68.8 cm³/mol. The topological polar surface area (TPSA) is 65.3 Å². The normalized spacial score (nSPS) is 11.9. The maximum atomic E-state index is 9.64. The summed E-state index contributed by atoms with van der Waals surface area (Å²) in [5, 5.41) is 21.5. The van der Waals surface area contributed by atoms with Gasteiger partial charge in [-0.3, -0.25) is 0 Å². The van der Waals surface area contributed by atoms with Gasteiger partial charge in [0.15, 0.2) is 11.5 Å². The molecule has 0 saturated carbocycles. The number of nitrogens with one attached hydrogen (secondary N) is 1. The van der Waals surface area contributed by atoms with E-state index < -0.39 is 0 Å². The van der Waals surface area contributed by atoms with E-state index in [9.17, 15) is 5.11 Å². The standard InChI is InChI=1S/C12H15BrN2O2/c1-8(5-14)6-15-7-9-3-10(13)12(16)11(4-9)17-2/h3-4,8,15-16H,6-7H2,1-2H3. The minimum Gasteiger partial charge on any atom is -0.503 e. The highest BCUT2D eigenvalue weighted by atomic mass is 79.9. The zero-order valence-electron chi connectivity index (χ0n) is 9.83. The summed E-state index contributed by atoms with van der Waals surface area (Å²) in [6, 6.07) is 5.75. The van der Waals surface area contributed by atoms with Gasteiger partial charge in [0.2, 0.25) is 0 Å². The lowest BCUT2D eigenvalue weighted by Crippen LogP contribution is -2.19. The molecule has 0 spiro atoms. The fourth-order valence-electron chi connectivity index (χ4n) is 1.36. The van der Waals surface area contributed by atoms with Crippen molar-refractivity contribution in [1.29, 1.82) is 5.26 Å². The van der Waals surface area contributed by atoms with E-state index in [0.29, 0.717) is 23.3 Å². The summed E-state index contributed by atoms with van der Waals surface area (Å²) in [6.45, 7) is 3.12. The van der Waals surface area contributed by atoms with Gasteiger partial charge in [-0.05, 0) is 40.5 Å². The molecule has 0 aromatic heterocycles. The van der Waals surface area contributed by atoms with Crippen LogP contribution in [0.1, 0.15) is 12.5 Å². The molecule has 1 aromatic rings. The Labute approximate surface area is 109 Å². The number of aromatic hydroxyl groups is 1. The zero-order valence-corrected chi connectivity index (χ0v) is 11.4. The van der Waals surface area contributed by atoms with Gasteiger partial charge in [-0.15, -0.1) is 0 Å². The van der Waals surface area contributed by atoms with Gasteiger partial charge >= 0.3 is 0 Å². The predicted octanol–water partition coefficient (Wildman–Crippen LogP) is 2.41. The lowest BCUT2D eigenvalue weighted by Gasteiger charge is -2.10. The smallest absolute Gasteiger partial charge is 0.172 e.